The Balaban J connectivity index is 1.81. The van der Waals surface area contributed by atoms with Gasteiger partial charge in [-0.2, -0.15) is 0 Å². The Morgan fingerprint density at radius 1 is 1.12 bits per heavy atom. The molecule has 0 atom stereocenters. The summed E-state index contributed by atoms with van der Waals surface area (Å²) in [7, 11) is 0. The topological polar surface area (TPSA) is 41.5 Å². The first-order chi connectivity index (χ1) is 11.5. The third-order valence-electron chi connectivity index (χ3n) is 3.63. The van der Waals surface area contributed by atoms with Gasteiger partial charge in [-0.05, 0) is 47.0 Å². The molecule has 1 heterocycles. The molecular formula is C19H17FN2OS. The SMILES string of the molecule is CC(C)c1ccc(/C=C2\SC(=Nc3ccccc3F)NC2=O)cc1. The van der Waals surface area contributed by atoms with Gasteiger partial charge in [0.1, 0.15) is 11.5 Å². The number of rotatable bonds is 3. The van der Waals surface area contributed by atoms with E-state index in [0.717, 1.165) is 5.56 Å². The number of nitrogens with zero attached hydrogens (tertiary/aromatic N) is 1. The maximum atomic E-state index is 13.6. The third kappa shape index (κ3) is 3.74. The number of carbonyl (C=O) groups excluding carboxylic acids is 1. The maximum Gasteiger partial charge on any atom is 0.264 e. The predicted molar refractivity (Wildman–Crippen MR) is 97.7 cm³/mol. The van der Waals surface area contributed by atoms with Crippen LogP contribution in [0.3, 0.4) is 0 Å². The van der Waals surface area contributed by atoms with Crippen molar-refractivity contribution in [2.75, 3.05) is 0 Å². The summed E-state index contributed by atoms with van der Waals surface area (Å²) in [5, 5.41) is 3.05. The van der Waals surface area contributed by atoms with Crippen LogP contribution in [-0.2, 0) is 4.79 Å². The zero-order valence-electron chi connectivity index (χ0n) is 13.4. The number of nitrogens with one attached hydrogen (secondary N) is 1. The normalized spacial score (nSPS) is 17.8. The lowest BCUT2D eigenvalue weighted by atomic mass is 10.0. The average Bonchev–Trinajstić information content (AvgIpc) is 2.90. The highest BCUT2D eigenvalue weighted by Gasteiger charge is 2.24. The molecule has 1 aliphatic rings. The molecule has 1 aliphatic heterocycles. The van der Waals surface area contributed by atoms with Gasteiger partial charge < -0.3 is 5.32 Å². The van der Waals surface area contributed by atoms with E-state index in [1.54, 1.807) is 18.2 Å². The molecule has 122 valence electrons. The fraction of sp³-hybridized carbons (Fsp3) is 0.158. The number of carbonyl (C=O) groups is 1. The molecule has 1 N–H and O–H groups in total. The molecule has 0 unspecified atom stereocenters. The quantitative estimate of drug-likeness (QED) is 0.812. The lowest BCUT2D eigenvalue weighted by Crippen LogP contribution is -2.19. The standard InChI is InChI=1S/C19H17FN2OS/c1-12(2)14-9-7-13(8-10-14)11-17-18(23)22-19(24-17)21-16-6-4-3-5-15(16)20/h3-12H,1-2H3,(H,21,22,23)/b17-11-. The van der Waals surface area contributed by atoms with Gasteiger partial charge in [-0.3, -0.25) is 4.79 Å². The molecule has 1 amide bonds. The molecule has 0 aliphatic carbocycles. The van der Waals surface area contributed by atoms with Crippen molar-refractivity contribution in [1.29, 1.82) is 0 Å². The van der Waals surface area contributed by atoms with E-state index >= 15 is 0 Å². The van der Waals surface area contributed by atoms with Gasteiger partial charge in [-0.25, -0.2) is 9.38 Å². The van der Waals surface area contributed by atoms with Crippen LogP contribution in [0.2, 0.25) is 0 Å². The van der Waals surface area contributed by atoms with Crippen LogP contribution in [0.5, 0.6) is 0 Å². The number of halogens is 1. The molecule has 2 aromatic carbocycles. The number of hydrogen-bond donors (Lipinski definition) is 1. The maximum absolute atomic E-state index is 13.6. The van der Waals surface area contributed by atoms with Crippen LogP contribution in [-0.4, -0.2) is 11.1 Å². The first-order valence-electron chi connectivity index (χ1n) is 7.67. The van der Waals surface area contributed by atoms with E-state index in [1.165, 1.54) is 23.4 Å². The molecule has 0 spiro atoms. The summed E-state index contributed by atoms with van der Waals surface area (Å²) < 4.78 is 13.6. The van der Waals surface area contributed by atoms with Crippen molar-refractivity contribution in [2.24, 2.45) is 4.99 Å². The lowest BCUT2D eigenvalue weighted by Gasteiger charge is -2.04. The van der Waals surface area contributed by atoms with Crippen molar-refractivity contribution in [1.82, 2.24) is 5.32 Å². The number of thioether (sulfide) groups is 1. The largest absolute Gasteiger partial charge is 0.300 e. The molecule has 2 aromatic rings. The van der Waals surface area contributed by atoms with Gasteiger partial charge in [0.15, 0.2) is 5.17 Å². The van der Waals surface area contributed by atoms with E-state index in [9.17, 15) is 9.18 Å². The molecule has 0 radical (unpaired) electrons. The Bertz CT molecular complexity index is 826. The fourth-order valence-corrected chi connectivity index (χ4v) is 3.10. The van der Waals surface area contributed by atoms with Crippen LogP contribution in [0.15, 0.2) is 58.4 Å². The van der Waals surface area contributed by atoms with Crippen molar-refractivity contribution >= 4 is 34.6 Å². The van der Waals surface area contributed by atoms with Gasteiger partial charge in [-0.1, -0.05) is 50.2 Å². The Morgan fingerprint density at radius 2 is 1.83 bits per heavy atom. The molecule has 5 heteroatoms. The number of benzene rings is 2. The minimum atomic E-state index is -0.415. The predicted octanol–water partition coefficient (Wildman–Crippen LogP) is 4.84. The second kappa shape index (κ2) is 7.01. The Labute approximate surface area is 144 Å². The summed E-state index contributed by atoms with van der Waals surface area (Å²) in [6.07, 6.45) is 1.81. The molecule has 0 aromatic heterocycles. The van der Waals surface area contributed by atoms with Crippen molar-refractivity contribution in [2.45, 2.75) is 19.8 Å². The summed E-state index contributed by atoms with van der Waals surface area (Å²) in [6.45, 7) is 4.28. The minimum absolute atomic E-state index is 0.211. The number of para-hydroxylation sites is 1. The van der Waals surface area contributed by atoms with E-state index < -0.39 is 5.82 Å². The number of amides is 1. The molecule has 1 saturated heterocycles. The third-order valence-corrected chi connectivity index (χ3v) is 4.54. The summed E-state index contributed by atoms with van der Waals surface area (Å²) in [5.74, 6) is -0.167. The van der Waals surface area contributed by atoms with E-state index in [0.29, 0.717) is 16.0 Å². The van der Waals surface area contributed by atoms with Crippen molar-refractivity contribution in [3.63, 3.8) is 0 Å². The van der Waals surface area contributed by atoms with Gasteiger partial charge in [0.2, 0.25) is 0 Å². The van der Waals surface area contributed by atoms with Gasteiger partial charge in [0.25, 0.3) is 5.91 Å². The van der Waals surface area contributed by atoms with E-state index in [1.807, 2.05) is 18.2 Å². The van der Waals surface area contributed by atoms with Gasteiger partial charge >= 0.3 is 0 Å². The zero-order chi connectivity index (χ0) is 17.1. The number of hydrogen-bond acceptors (Lipinski definition) is 3. The second-order valence-corrected chi connectivity index (χ2v) is 6.79. The zero-order valence-corrected chi connectivity index (χ0v) is 14.2. The Hall–Kier alpha value is -2.40. The van der Waals surface area contributed by atoms with E-state index in [2.05, 4.69) is 36.3 Å². The summed E-state index contributed by atoms with van der Waals surface area (Å²) >= 11 is 1.21. The smallest absolute Gasteiger partial charge is 0.264 e. The van der Waals surface area contributed by atoms with Gasteiger partial charge in [-0.15, -0.1) is 0 Å². The van der Waals surface area contributed by atoms with Crippen molar-refractivity contribution in [3.05, 3.63) is 70.4 Å². The highest BCUT2D eigenvalue weighted by atomic mass is 32.2. The van der Waals surface area contributed by atoms with E-state index in [-0.39, 0.29) is 11.6 Å². The Morgan fingerprint density at radius 3 is 2.50 bits per heavy atom. The summed E-state index contributed by atoms with van der Waals surface area (Å²) in [6, 6.07) is 14.3. The van der Waals surface area contributed by atoms with Crippen LogP contribution in [0.25, 0.3) is 6.08 Å². The molecule has 1 fully saturated rings. The summed E-state index contributed by atoms with van der Waals surface area (Å²) in [4.78, 5) is 16.8. The van der Waals surface area contributed by atoms with Crippen LogP contribution in [0.4, 0.5) is 10.1 Å². The number of aliphatic imine (C=N–C) groups is 1. The van der Waals surface area contributed by atoms with Gasteiger partial charge in [0.05, 0.1) is 4.91 Å². The monoisotopic (exact) mass is 340 g/mol. The molecule has 0 bridgehead atoms. The second-order valence-electron chi connectivity index (χ2n) is 5.75. The molecular weight excluding hydrogens is 323 g/mol. The van der Waals surface area contributed by atoms with E-state index in [4.69, 9.17) is 0 Å². The molecule has 3 rings (SSSR count). The van der Waals surface area contributed by atoms with Crippen LogP contribution in [0.1, 0.15) is 30.9 Å². The first-order valence-corrected chi connectivity index (χ1v) is 8.48. The van der Waals surface area contributed by atoms with Crippen LogP contribution < -0.4 is 5.32 Å². The van der Waals surface area contributed by atoms with Crippen LogP contribution >= 0.6 is 11.8 Å². The molecule has 0 saturated carbocycles. The minimum Gasteiger partial charge on any atom is -0.300 e. The highest BCUT2D eigenvalue weighted by Crippen LogP contribution is 2.29. The van der Waals surface area contributed by atoms with Gasteiger partial charge in [0, 0.05) is 0 Å². The lowest BCUT2D eigenvalue weighted by molar-refractivity contribution is -0.115. The van der Waals surface area contributed by atoms with Crippen molar-refractivity contribution in [3.8, 4) is 0 Å². The summed E-state index contributed by atoms with van der Waals surface area (Å²) in [5.41, 5.74) is 2.41. The van der Waals surface area contributed by atoms with Crippen LogP contribution in [0, 0.1) is 5.82 Å². The Kier molecular flexibility index (Phi) is 4.81. The average molecular weight is 340 g/mol. The highest BCUT2D eigenvalue weighted by molar-refractivity contribution is 8.18. The molecule has 3 nitrogen and oxygen atoms in total. The number of amidine groups is 1. The van der Waals surface area contributed by atoms with Crippen molar-refractivity contribution < 1.29 is 9.18 Å². The first kappa shape index (κ1) is 16.5. The fourth-order valence-electron chi connectivity index (χ4n) is 2.26. The molecule has 24 heavy (non-hydrogen) atoms.